The molecule has 0 amide bonds. The summed E-state index contributed by atoms with van der Waals surface area (Å²) in [4.78, 5) is 11.9. The zero-order chi connectivity index (χ0) is 15.2. The number of hydrogen-bond acceptors (Lipinski definition) is 3. The van der Waals surface area contributed by atoms with Crippen molar-refractivity contribution in [3.63, 3.8) is 0 Å². The molecule has 110 valence electrons. The van der Waals surface area contributed by atoms with E-state index in [0.29, 0.717) is 24.4 Å². The molecule has 0 bridgehead atoms. The van der Waals surface area contributed by atoms with Crippen molar-refractivity contribution >= 4 is 11.7 Å². The van der Waals surface area contributed by atoms with Crippen molar-refractivity contribution in [2.45, 2.75) is 20.4 Å². The minimum absolute atomic E-state index is 0.268. The number of esters is 1. The fourth-order valence-electron chi connectivity index (χ4n) is 2.05. The largest absolute Gasteiger partial charge is 0.462 e. The van der Waals surface area contributed by atoms with Gasteiger partial charge in [-0.1, -0.05) is 18.2 Å². The number of benzene rings is 2. The van der Waals surface area contributed by atoms with Crippen LogP contribution in [0.5, 0.6) is 0 Å². The molecule has 0 aliphatic heterocycles. The van der Waals surface area contributed by atoms with Crippen molar-refractivity contribution in [2.75, 3.05) is 11.9 Å². The zero-order valence-corrected chi connectivity index (χ0v) is 12.2. The first-order valence-electron chi connectivity index (χ1n) is 6.87. The number of carbonyl (C=O) groups is 1. The van der Waals surface area contributed by atoms with Crippen LogP contribution < -0.4 is 5.32 Å². The van der Waals surface area contributed by atoms with Gasteiger partial charge in [-0.15, -0.1) is 0 Å². The van der Waals surface area contributed by atoms with Gasteiger partial charge in [-0.25, -0.2) is 9.18 Å². The predicted octanol–water partition coefficient (Wildman–Crippen LogP) is 3.92. The number of para-hydroxylation sites is 1. The molecule has 0 spiro atoms. The van der Waals surface area contributed by atoms with Gasteiger partial charge in [0.2, 0.25) is 0 Å². The van der Waals surface area contributed by atoms with Crippen LogP contribution in [-0.2, 0) is 11.3 Å². The van der Waals surface area contributed by atoms with Crippen LogP contribution in [0.1, 0.15) is 28.4 Å². The Balaban J connectivity index is 2.16. The number of nitrogens with one attached hydrogen (secondary N) is 1. The van der Waals surface area contributed by atoms with Gasteiger partial charge in [0.15, 0.2) is 0 Å². The van der Waals surface area contributed by atoms with E-state index >= 15 is 0 Å². The third-order valence-electron chi connectivity index (χ3n) is 3.20. The summed E-state index contributed by atoms with van der Waals surface area (Å²) in [6.07, 6.45) is 0. The average molecular weight is 287 g/mol. The number of aryl methyl sites for hydroxylation is 1. The maximum atomic E-state index is 13.3. The summed E-state index contributed by atoms with van der Waals surface area (Å²) >= 11 is 0. The standard InChI is InChI=1S/C17H18FNO2/c1-3-21-17(20)15-6-4-5-7-16(15)19-11-13-10-14(18)9-8-12(13)2/h4-10,19H,3,11H2,1-2H3. The summed E-state index contributed by atoms with van der Waals surface area (Å²) in [7, 11) is 0. The van der Waals surface area contributed by atoms with E-state index in [1.165, 1.54) is 12.1 Å². The van der Waals surface area contributed by atoms with E-state index in [0.717, 1.165) is 11.1 Å². The lowest BCUT2D eigenvalue weighted by Gasteiger charge is -2.12. The van der Waals surface area contributed by atoms with Crippen molar-refractivity contribution in [3.05, 3.63) is 65.0 Å². The van der Waals surface area contributed by atoms with Crippen LogP contribution >= 0.6 is 0 Å². The van der Waals surface area contributed by atoms with Gasteiger partial charge >= 0.3 is 5.97 Å². The molecule has 21 heavy (non-hydrogen) atoms. The first-order valence-corrected chi connectivity index (χ1v) is 6.87. The second kappa shape index (κ2) is 6.88. The maximum absolute atomic E-state index is 13.3. The Morgan fingerprint density at radius 3 is 2.76 bits per heavy atom. The molecule has 4 heteroatoms. The Morgan fingerprint density at radius 2 is 2.00 bits per heavy atom. The molecule has 0 atom stereocenters. The molecule has 0 aromatic heterocycles. The predicted molar refractivity (Wildman–Crippen MR) is 80.9 cm³/mol. The van der Waals surface area contributed by atoms with E-state index in [1.54, 1.807) is 31.2 Å². The Morgan fingerprint density at radius 1 is 1.24 bits per heavy atom. The van der Waals surface area contributed by atoms with Crippen LogP contribution in [0.2, 0.25) is 0 Å². The van der Waals surface area contributed by atoms with Crippen molar-refractivity contribution in [2.24, 2.45) is 0 Å². The number of rotatable bonds is 5. The highest BCUT2D eigenvalue weighted by Gasteiger charge is 2.11. The van der Waals surface area contributed by atoms with E-state index in [2.05, 4.69) is 5.32 Å². The van der Waals surface area contributed by atoms with Gasteiger partial charge in [0.25, 0.3) is 0 Å². The third-order valence-corrected chi connectivity index (χ3v) is 3.20. The van der Waals surface area contributed by atoms with E-state index in [1.807, 2.05) is 13.0 Å². The van der Waals surface area contributed by atoms with Gasteiger partial charge in [0.1, 0.15) is 5.82 Å². The van der Waals surface area contributed by atoms with Crippen LogP contribution in [0, 0.1) is 12.7 Å². The molecule has 0 unspecified atom stereocenters. The number of hydrogen-bond donors (Lipinski definition) is 1. The van der Waals surface area contributed by atoms with Crippen molar-refractivity contribution in [1.82, 2.24) is 0 Å². The topological polar surface area (TPSA) is 38.3 Å². The second-order valence-corrected chi connectivity index (χ2v) is 4.69. The van der Waals surface area contributed by atoms with Crippen molar-refractivity contribution in [1.29, 1.82) is 0 Å². The molecule has 0 fully saturated rings. The van der Waals surface area contributed by atoms with Gasteiger partial charge in [0.05, 0.1) is 12.2 Å². The van der Waals surface area contributed by atoms with Crippen LogP contribution in [0.15, 0.2) is 42.5 Å². The number of anilines is 1. The lowest BCUT2D eigenvalue weighted by atomic mass is 10.1. The van der Waals surface area contributed by atoms with E-state index in [4.69, 9.17) is 4.74 Å². The number of carbonyl (C=O) groups excluding carboxylic acids is 1. The molecule has 0 aliphatic carbocycles. The normalized spacial score (nSPS) is 10.2. The maximum Gasteiger partial charge on any atom is 0.340 e. The molecular weight excluding hydrogens is 269 g/mol. The highest BCUT2D eigenvalue weighted by Crippen LogP contribution is 2.18. The minimum atomic E-state index is -0.364. The molecule has 0 saturated carbocycles. The first-order chi connectivity index (χ1) is 10.1. The quantitative estimate of drug-likeness (QED) is 0.847. The highest BCUT2D eigenvalue weighted by molar-refractivity contribution is 5.95. The molecule has 0 aliphatic rings. The minimum Gasteiger partial charge on any atom is -0.462 e. The van der Waals surface area contributed by atoms with Gasteiger partial charge in [-0.05, 0) is 49.2 Å². The second-order valence-electron chi connectivity index (χ2n) is 4.69. The molecule has 0 saturated heterocycles. The van der Waals surface area contributed by atoms with Gasteiger partial charge in [-0.3, -0.25) is 0 Å². The van der Waals surface area contributed by atoms with E-state index in [-0.39, 0.29) is 11.8 Å². The molecule has 2 rings (SSSR count). The van der Waals surface area contributed by atoms with Crippen LogP contribution in [-0.4, -0.2) is 12.6 Å². The average Bonchev–Trinajstić information content (AvgIpc) is 2.49. The first kappa shape index (κ1) is 15.0. The summed E-state index contributed by atoms with van der Waals surface area (Å²) < 4.78 is 18.3. The summed E-state index contributed by atoms with van der Waals surface area (Å²) in [6.45, 7) is 4.47. The molecule has 1 N–H and O–H groups in total. The lowest BCUT2D eigenvalue weighted by Crippen LogP contribution is -2.10. The van der Waals surface area contributed by atoms with Crippen molar-refractivity contribution in [3.8, 4) is 0 Å². The van der Waals surface area contributed by atoms with E-state index < -0.39 is 0 Å². The number of halogens is 1. The molecule has 0 radical (unpaired) electrons. The van der Waals surface area contributed by atoms with Crippen LogP contribution in [0.25, 0.3) is 0 Å². The summed E-state index contributed by atoms with van der Waals surface area (Å²) in [6, 6.07) is 11.8. The van der Waals surface area contributed by atoms with Gasteiger partial charge in [-0.2, -0.15) is 0 Å². The van der Waals surface area contributed by atoms with Crippen molar-refractivity contribution < 1.29 is 13.9 Å². The number of ether oxygens (including phenoxy) is 1. The zero-order valence-electron chi connectivity index (χ0n) is 12.2. The van der Waals surface area contributed by atoms with Gasteiger partial charge < -0.3 is 10.1 Å². The van der Waals surface area contributed by atoms with Gasteiger partial charge in [0, 0.05) is 12.2 Å². The molecule has 2 aromatic carbocycles. The smallest absolute Gasteiger partial charge is 0.340 e. The molecule has 0 heterocycles. The summed E-state index contributed by atoms with van der Waals surface area (Å²) in [5.74, 6) is -0.632. The van der Waals surface area contributed by atoms with Crippen LogP contribution in [0.4, 0.5) is 10.1 Å². The summed E-state index contributed by atoms with van der Waals surface area (Å²) in [5.41, 5.74) is 3.01. The Kier molecular flexibility index (Phi) is 4.93. The highest BCUT2D eigenvalue weighted by atomic mass is 19.1. The Bertz CT molecular complexity index is 640. The summed E-state index contributed by atoms with van der Waals surface area (Å²) in [5, 5.41) is 3.17. The third kappa shape index (κ3) is 3.81. The Labute approximate surface area is 123 Å². The monoisotopic (exact) mass is 287 g/mol. The SMILES string of the molecule is CCOC(=O)c1ccccc1NCc1cc(F)ccc1C. The lowest BCUT2D eigenvalue weighted by molar-refractivity contribution is 0.0527. The molecule has 2 aromatic rings. The van der Waals surface area contributed by atoms with E-state index in [9.17, 15) is 9.18 Å². The Hall–Kier alpha value is -2.36. The fourth-order valence-corrected chi connectivity index (χ4v) is 2.05. The van der Waals surface area contributed by atoms with Crippen LogP contribution in [0.3, 0.4) is 0 Å². The fraction of sp³-hybridized carbons (Fsp3) is 0.235. The molecular formula is C17H18FNO2. The molecule has 3 nitrogen and oxygen atoms in total.